The number of aromatic nitrogens is 2. The SMILES string of the molecule is COCCOCOc1c(-c2ccc(CNC(=O)OC(C)(C)C)cc2)cccc1-c1cc2cnccc2[nH]1. The first-order valence-electron chi connectivity index (χ1n) is 12.2. The molecule has 0 spiro atoms. The second kappa shape index (κ2) is 11.9. The Balaban J connectivity index is 1.59. The molecular formula is C29H33N3O5. The maximum absolute atomic E-state index is 12.0. The van der Waals surface area contributed by atoms with E-state index in [1.807, 2.05) is 75.5 Å². The van der Waals surface area contributed by atoms with Crippen LogP contribution >= 0.6 is 0 Å². The molecule has 0 unspecified atom stereocenters. The molecule has 2 heterocycles. The van der Waals surface area contributed by atoms with Crippen molar-refractivity contribution >= 4 is 17.0 Å². The summed E-state index contributed by atoms with van der Waals surface area (Å²) in [5, 5.41) is 3.81. The van der Waals surface area contributed by atoms with Gasteiger partial charge in [0.15, 0.2) is 6.79 Å². The number of amides is 1. The van der Waals surface area contributed by atoms with Crippen LogP contribution in [0, 0.1) is 0 Å². The molecule has 1 amide bonds. The number of alkyl carbamates (subject to hydrolysis) is 1. The zero-order valence-corrected chi connectivity index (χ0v) is 21.7. The number of nitrogens with zero attached hydrogens (tertiary/aromatic N) is 1. The zero-order valence-electron chi connectivity index (χ0n) is 21.7. The number of hydrogen-bond acceptors (Lipinski definition) is 6. The number of ether oxygens (including phenoxy) is 4. The van der Waals surface area contributed by atoms with E-state index >= 15 is 0 Å². The normalized spacial score (nSPS) is 11.5. The minimum absolute atomic E-state index is 0.0903. The third-order valence-electron chi connectivity index (χ3n) is 5.55. The van der Waals surface area contributed by atoms with E-state index in [-0.39, 0.29) is 6.79 Å². The molecule has 2 N–H and O–H groups in total. The molecule has 0 aliphatic heterocycles. The van der Waals surface area contributed by atoms with Gasteiger partial charge < -0.3 is 29.2 Å². The van der Waals surface area contributed by atoms with Crippen LogP contribution in [-0.4, -0.2) is 48.8 Å². The smallest absolute Gasteiger partial charge is 0.407 e. The molecule has 2 aromatic carbocycles. The number of fused-ring (bicyclic) bond motifs is 1. The Bertz CT molecular complexity index is 1290. The van der Waals surface area contributed by atoms with E-state index in [4.69, 9.17) is 18.9 Å². The topological polar surface area (TPSA) is 94.7 Å². The Hall–Kier alpha value is -3.88. The van der Waals surface area contributed by atoms with Gasteiger partial charge in [-0.25, -0.2) is 4.79 Å². The van der Waals surface area contributed by atoms with Gasteiger partial charge >= 0.3 is 6.09 Å². The van der Waals surface area contributed by atoms with E-state index in [1.54, 1.807) is 13.3 Å². The molecule has 4 aromatic rings. The molecule has 0 bridgehead atoms. The second-order valence-electron chi connectivity index (χ2n) is 9.54. The predicted octanol–water partition coefficient (Wildman–Crippen LogP) is 5.92. The van der Waals surface area contributed by atoms with Crippen molar-refractivity contribution in [2.24, 2.45) is 0 Å². The number of methoxy groups -OCH3 is 1. The van der Waals surface area contributed by atoms with Crippen molar-refractivity contribution in [3.05, 3.63) is 72.6 Å². The Labute approximate surface area is 216 Å². The number of nitrogens with one attached hydrogen (secondary N) is 2. The second-order valence-corrected chi connectivity index (χ2v) is 9.54. The number of carbonyl (C=O) groups excluding carboxylic acids is 1. The van der Waals surface area contributed by atoms with E-state index in [9.17, 15) is 4.79 Å². The first kappa shape index (κ1) is 26.2. The number of benzene rings is 2. The highest BCUT2D eigenvalue weighted by molar-refractivity contribution is 5.89. The summed E-state index contributed by atoms with van der Waals surface area (Å²) in [7, 11) is 1.63. The van der Waals surface area contributed by atoms with E-state index in [1.165, 1.54) is 0 Å². The summed E-state index contributed by atoms with van der Waals surface area (Å²) >= 11 is 0. The van der Waals surface area contributed by atoms with Crippen LogP contribution in [0.4, 0.5) is 4.79 Å². The van der Waals surface area contributed by atoms with E-state index < -0.39 is 11.7 Å². The van der Waals surface area contributed by atoms with Gasteiger partial charge in [-0.1, -0.05) is 36.4 Å². The van der Waals surface area contributed by atoms with Gasteiger partial charge in [0.2, 0.25) is 0 Å². The predicted molar refractivity (Wildman–Crippen MR) is 143 cm³/mol. The fourth-order valence-corrected chi connectivity index (χ4v) is 3.84. The first-order valence-corrected chi connectivity index (χ1v) is 12.2. The summed E-state index contributed by atoms with van der Waals surface area (Å²) in [5.41, 5.74) is 5.17. The van der Waals surface area contributed by atoms with Crippen LogP contribution in [0.2, 0.25) is 0 Å². The van der Waals surface area contributed by atoms with Crippen molar-refractivity contribution < 1.29 is 23.7 Å². The molecule has 0 saturated carbocycles. The lowest BCUT2D eigenvalue weighted by atomic mass is 9.99. The molecule has 0 aliphatic carbocycles. The van der Waals surface area contributed by atoms with Crippen molar-refractivity contribution in [1.29, 1.82) is 0 Å². The fourth-order valence-electron chi connectivity index (χ4n) is 3.84. The molecule has 0 fully saturated rings. The molecule has 2 aromatic heterocycles. The average molecular weight is 504 g/mol. The molecule has 8 heteroatoms. The largest absolute Gasteiger partial charge is 0.466 e. The van der Waals surface area contributed by atoms with E-state index in [0.717, 1.165) is 38.9 Å². The minimum Gasteiger partial charge on any atom is -0.466 e. The lowest BCUT2D eigenvalue weighted by molar-refractivity contribution is -0.00797. The average Bonchev–Trinajstić information content (AvgIpc) is 3.31. The van der Waals surface area contributed by atoms with Crippen molar-refractivity contribution in [2.45, 2.75) is 32.9 Å². The third-order valence-corrected chi connectivity index (χ3v) is 5.55. The number of aromatic amines is 1. The maximum atomic E-state index is 12.0. The molecule has 0 saturated heterocycles. The van der Waals surface area contributed by atoms with Crippen LogP contribution in [0.25, 0.3) is 33.3 Å². The van der Waals surface area contributed by atoms with Gasteiger partial charge in [0.05, 0.1) is 18.9 Å². The number of carbonyl (C=O) groups is 1. The Morgan fingerprint density at radius 3 is 2.54 bits per heavy atom. The van der Waals surface area contributed by atoms with Crippen LogP contribution in [0.15, 0.2) is 67.0 Å². The number of rotatable bonds is 10. The van der Waals surface area contributed by atoms with Crippen LogP contribution in [0.1, 0.15) is 26.3 Å². The van der Waals surface area contributed by atoms with Crippen molar-refractivity contribution in [1.82, 2.24) is 15.3 Å². The van der Waals surface area contributed by atoms with Gasteiger partial charge in [0, 0.05) is 48.1 Å². The molecule has 0 atom stereocenters. The fraction of sp³-hybridized carbons (Fsp3) is 0.310. The summed E-state index contributed by atoms with van der Waals surface area (Å²) < 4.78 is 22.2. The van der Waals surface area contributed by atoms with Gasteiger partial charge in [-0.05, 0) is 50.1 Å². The number of hydrogen-bond donors (Lipinski definition) is 2. The summed E-state index contributed by atoms with van der Waals surface area (Å²) in [6.07, 6.45) is 3.15. The van der Waals surface area contributed by atoms with Crippen molar-refractivity contribution in [2.75, 3.05) is 27.1 Å². The third kappa shape index (κ3) is 7.09. The molecule has 8 nitrogen and oxygen atoms in total. The standard InChI is InChI=1S/C29H33N3O5/c1-29(2,3)37-28(33)31-17-20-8-10-21(11-9-20)23-6-5-7-24(27(23)36-19-35-15-14-34-4)26-16-22-18-30-13-12-25(22)32-26/h5-13,16,18,32H,14-15,17,19H2,1-4H3,(H,31,33). The molecule has 0 radical (unpaired) electrons. The molecule has 4 rings (SSSR count). The number of pyridine rings is 1. The summed E-state index contributed by atoms with van der Waals surface area (Å²) in [6, 6.07) is 18.0. The van der Waals surface area contributed by atoms with E-state index in [2.05, 4.69) is 21.4 Å². The lowest BCUT2D eigenvalue weighted by Crippen LogP contribution is -2.32. The Morgan fingerprint density at radius 2 is 1.81 bits per heavy atom. The quantitative estimate of drug-likeness (QED) is 0.206. The molecular weight excluding hydrogens is 470 g/mol. The van der Waals surface area contributed by atoms with Crippen LogP contribution < -0.4 is 10.1 Å². The highest BCUT2D eigenvalue weighted by atomic mass is 16.7. The monoisotopic (exact) mass is 503 g/mol. The Kier molecular flexibility index (Phi) is 8.43. The van der Waals surface area contributed by atoms with Gasteiger partial charge in [-0.3, -0.25) is 4.98 Å². The highest BCUT2D eigenvalue weighted by Gasteiger charge is 2.17. The van der Waals surface area contributed by atoms with Crippen LogP contribution in [0.5, 0.6) is 5.75 Å². The van der Waals surface area contributed by atoms with Crippen LogP contribution in [-0.2, 0) is 20.8 Å². The van der Waals surface area contributed by atoms with Gasteiger partial charge in [0.25, 0.3) is 0 Å². The molecule has 37 heavy (non-hydrogen) atoms. The number of para-hydroxylation sites is 1. The van der Waals surface area contributed by atoms with Gasteiger partial charge in [0.1, 0.15) is 11.4 Å². The van der Waals surface area contributed by atoms with E-state index in [0.29, 0.717) is 25.5 Å². The van der Waals surface area contributed by atoms with Gasteiger partial charge in [-0.15, -0.1) is 0 Å². The Morgan fingerprint density at radius 1 is 1.03 bits per heavy atom. The van der Waals surface area contributed by atoms with Gasteiger partial charge in [-0.2, -0.15) is 0 Å². The summed E-state index contributed by atoms with van der Waals surface area (Å²) in [5.74, 6) is 0.707. The molecule has 194 valence electrons. The maximum Gasteiger partial charge on any atom is 0.407 e. The lowest BCUT2D eigenvalue weighted by Gasteiger charge is -2.19. The van der Waals surface area contributed by atoms with Crippen LogP contribution in [0.3, 0.4) is 0 Å². The highest BCUT2D eigenvalue weighted by Crippen LogP contribution is 2.39. The number of H-pyrrole nitrogens is 1. The summed E-state index contributed by atoms with van der Waals surface area (Å²) in [4.78, 5) is 19.7. The van der Waals surface area contributed by atoms with Crippen molar-refractivity contribution in [3.63, 3.8) is 0 Å². The molecule has 0 aliphatic rings. The first-order chi connectivity index (χ1) is 17.8. The minimum atomic E-state index is -0.538. The van der Waals surface area contributed by atoms with Crippen molar-refractivity contribution in [3.8, 4) is 28.1 Å². The zero-order chi connectivity index (χ0) is 26.3. The summed E-state index contributed by atoms with van der Waals surface area (Å²) in [6.45, 7) is 6.90.